The van der Waals surface area contributed by atoms with Crippen LogP contribution in [-0.2, 0) is 6.16 Å². The number of benzene rings is 1. The molecule has 1 aromatic rings. The maximum atomic E-state index is 12.5. The van der Waals surface area contributed by atoms with Gasteiger partial charge in [-0.2, -0.15) is 0 Å². The van der Waals surface area contributed by atoms with E-state index in [9.17, 15) is 4.39 Å². The standard InChI is InChI=1S/C7H7ClFP/c8-6-3-5(4-10)1-2-7(6)9/h1-3H,4,10H2. The highest BCUT2D eigenvalue weighted by molar-refractivity contribution is 7.15. The van der Waals surface area contributed by atoms with E-state index in [1.807, 2.05) is 0 Å². The molecule has 0 aliphatic heterocycles. The zero-order chi connectivity index (χ0) is 7.56. The van der Waals surface area contributed by atoms with Crippen molar-refractivity contribution in [2.24, 2.45) is 0 Å². The van der Waals surface area contributed by atoms with E-state index in [4.69, 9.17) is 11.6 Å². The van der Waals surface area contributed by atoms with Gasteiger partial charge in [0.2, 0.25) is 0 Å². The van der Waals surface area contributed by atoms with Crippen LogP contribution in [0.4, 0.5) is 4.39 Å². The van der Waals surface area contributed by atoms with E-state index in [0.717, 1.165) is 11.7 Å². The highest BCUT2D eigenvalue weighted by Crippen LogP contribution is 2.17. The highest BCUT2D eigenvalue weighted by atomic mass is 35.5. The maximum absolute atomic E-state index is 12.5. The Morgan fingerprint density at radius 2 is 2.20 bits per heavy atom. The van der Waals surface area contributed by atoms with Gasteiger partial charge in [0.15, 0.2) is 0 Å². The van der Waals surface area contributed by atoms with Crippen molar-refractivity contribution in [1.29, 1.82) is 0 Å². The first-order chi connectivity index (χ1) is 4.74. The number of rotatable bonds is 1. The summed E-state index contributed by atoms with van der Waals surface area (Å²) >= 11 is 5.51. The summed E-state index contributed by atoms with van der Waals surface area (Å²) in [5.74, 6) is -0.358. The molecule has 1 unspecified atom stereocenters. The SMILES string of the molecule is Fc1ccc(CP)cc1Cl. The van der Waals surface area contributed by atoms with Gasteiger partial charge in [-0.15, -0.1) is 9.24 Å². The van der Waals surface area contributed by atoms with Gasteiger partial charge < -0.3 is 0 Å². The summed E-state index contributed by atoms with van der Waals surface area (Å²) in [6, 6.07) is 4.72. The van der Waals surface area contributed by atoms with Crippen LogP contribution in [0.15, 0.2) is 18.2 Å². The van der Waals surface area contributed by atoms with Crippen LogP contribution < -0.4 is 0 Å². The topological polar surface area (TPSA) is 0 Å². The van der Waals surface area contributed by atoms with Crippen LogP contribution in [0, 0.1) is 5.82 Å². The van der Waals surface area contributed by atoms with Gasteiger partial charge in [0, 0.05) is 0 Å². The van der Waals surface area contributed by atoms with Gasteiger partial charge in [0.25, 0.3) is 0 Å². The van der Waals surface area contributed by atoms with Crippen molar-refractivity contribution in [2.45, 2.75) is 6.16 Å². The molecule has 10 heavy (non-hydrogen) atoms. The molecule has 0 saturated heterocycles. The van der Waals surface area contributed by atoms with Crippen molar-refractivity contribution < 1.29 is 4.39 Å². The quantitative estimate of drug-likeness (QED) is 0.578. The molecule has 0 fully saturated rings. The fraction of sp³-hybridized carbons (Fsp3) is 0.143. The van der Waals surface area contributed by atoms with Crippen molar-refractivity contribution in [3.8, 4) is 0 Å². The summed E-state index contributed by atoms with van der Waals surface area (Å²) in [6.07, 6.45) is 0.806. The van der Waals surface area contributed by atoms with E-state index in [1.54, 1.807) is 12.1 Å². The largest absolute Gasteiger partial charge is 0.205 e. The van der Waals surface area contributed by atoms with Crippen molar-refractivity contribution in [3.63, 3.8) is 0 Å². The Labute approximate surface area is 66.6 Å². The third-order valence-electron chi connectivity index (χ3n) is 1.22. The molecule has 0 radical (unpaired) electrons. The first-order valence-electron chi connectivity index (χ1n) is 2.88. The average molecular weight is 177 g/mol. The molecule has 0 nitrogen and oxygen atoms in total. The van der Waals surface area contributed by atoms with Crippen molar-refractivity contribution >= 4 is 20.8 Å². The lowest BCUT2D eigenvalue weighted by atomic mass is 10.2. The first kappa shape index (κ1) is 7.97. The molecule has 0 saturated carbocycles. The number of hydrogen-bond donors (Lipinski definition) is 0. The Morgan fingerprint density at radius 3 is 2.70 bits per heavy atom. The molecular formula is C7H7ClFP. The Balaban J connectivity index is 3.04. The van der Waals surface area contributed by atoms with Crippen LogP contribution in [0.2, 0.25) is 5.02 Å². The summed E-state index contributed by atoms with van der Waals surface area (Å²) in [5, 5.41) is 0.194. The molecule has 0 aliphatic carbocycles. The lowest BCUT2D eigenvalue weighted by Gasteiger charge is -1.96. The second-order valence-corrected chi connectivity index (χ2v) is 2.77. The van der Waals surface area contributed by atoms with Crippen LogP contribution in [-0.4, -0.2) is 0 Å². The zero-order valence-corrected chi connectivity index (χ0v) is 7.18. The lowest BCUT2D eigenvalue weighted by Crippen LogP contribution is -1.80. The smallest absolute Gasteiger partial charge is 0.141 e. The molecule has 3 heteroatoms. The highest BCUT2D eigenvalue weighted by Gasteiger charge is 1.97. The van der Waals surface area contributed by atoms with Gasteiger partial charge in [0.1, 0.15) is 5.82 Å². The lowest BCUT2D eigenvalue weighted by molar-refractivity contribution is 0.628. The Morgan fingerprint density at radius 1 is 1.50 bits per heavy atom. The molecule has 0 heterocycles. The van der Waals surface area contributed by atoms with Crippen molar-refractivity contribution in [1.82, 2.24) is 0 Å². The molecule has 1 rings (SSSR count). The molecule has 0 N–H and O–H groups in total. The minimum absolute atomic E-state index is 0.194. The normalized spacial score (nSPS) is 9.90. The minimum Gasteiger partial charge on any atom is -0.205 e. The van der Waals surface area contributed by atoms with E-state index in [2.05, 4.69) is 9.24 Å². The fourth-order valence-electron chi connectivity index (χ4n) is 0.667. The number of hydrogen-bond acceptors (Lipinski definition) is 0. The average Bonchev–Trinajstić information content (AvgIpc) is 1.95. The molecule has 1 atom stereocenters. The Bertz CT molecular complexity index is 237. The van der Waals surface area contributed by atoms with Crippen LogP contribution in [0.5, 0.6) is 0 Å². The third-order valence-corrected chi connectivity index (χ3v) is 1.98. The number of halogens is 2. The van der Waals surface area contributed by atoms with E-state index in [1.165, 1.54) is 6.07 Å². The second-order valence-electron chi connectivity index (χ2n) is 1.95. The molecule has 0 bridgehead atoms. The van der Waals surface area contributed by atoms with Gasteiger partial charge in [0.05, 0.1) is 5.02 Å². The van der Waals surface area contributed by atoms with E-state index < -0.39 is 0 Å². The molecule has 0 spiro atoms. The van der Waals surface area contributed by atoms with Gasteiger partial charge in [-0.25, -0.2) is 4.39 Å². The van der Waals surface area contributed by atoms with Gasteiger partial charge in [-0.05, 0) is 23.9 Å². The molecule has 0 aliphatic rings. The van der Waals surface area contributed by atoms with Crippen LogP contribution in [0.3, 0.4) is 0 Å². The van der Waals surface area contributed by atoms with Gasteiger partial charge in [-0.3, -0.25) is 0 Å². The van der Waals surface area contributed by atoms with E-state index in [0.29, 0.717) is 0 Å². The Hall–Kier alpha value is -0.130. The van der Waals surface area contributed by atoms with Crippen molar-refractivity contribution in [2.75, 3.05) is 0 Å². The molecule has 0 amide bonds. The van der Waals surface area contributed by atoms with Crippen molar-refractivity contribution in [3.05, 3.63) is 34.6 Å². The fourth-order valence-corrected chi connectivity index (χ4v) is 1.12. The zero-order valence-electron chi connectivity index (χ0n) is 5.27. The van der Waals surface area contributed by atoms with Crippen LogP contribution in [0.1, 0.15) is 5.56 Å². The van der Waals surface area contributed by atoms with Crippen LogP contribution in [0.25, 0.3) is 0 Å². The second kappa shape index (κ2) is 3.32. The Kier molecular flexibility index (Phi) is 2.64. The van der Waals surface area contributed by atoms with Gasteiger partial charge >= 0.3 is 0 Å². The summed E-state index contributed by atoms with van der Waals surface area (Å²) in [7, 11) is 2.55. The first-order valence-corrected chi connectivity index (χ1v) is 4.07. The molecule has 54 valence electrons. The van der Waals surface area contributed by atoms with E-state index >= 15 is 0 Å². The third kappa shape index (κ3) is 1.68. The predicted molar refractivity (Wildman–Crippen MR) is 44.8 cm³/mol. The monoisotopic (exact) mass is 176 g/mol. The summed E-state index contributed by atoms with van der Waals surface area (Å²) in [4.78, 5) is 0. The van der Waals surface area contributed by atoms with Crippen LogP contribution >= 0.6 is 20.8 Å². The summed E-state index contributed by atoms with van der Waals surface area (Å²) in [5.41, 5.74) is 1.02. The minimum atomic E-state index is -0.358. The molecule has 1 aromatic carbocycles. The van der Waals surface area contributed by atoms with Gasteiger partial charge in [-0.1, -0.05) is 17.7 Å². The van der Waals surface area contributed by atoms with E-state index in [-0.39, 0.29) is 10.8 Å². The summed E-state index contributed by atoms with van der Waals surface area (Å²) in [6.45, 7) is 0. The molecular weight excluding hydrogens is 170 g/mol. The maximum Gasteiger partial charge on any atom is 0.141 e. The summed E-state index contributed by atoms with van der Waals surface area (Å²) < 4.78 is 12.5. The predicted octanol–water partition coefficient (Wildman–Crippen LogP) is 2.85. The molecule has 0 aromatic heterocycles.